The largest absolute Gasteiger partial charge is 0.480 e. The van der Waals surface area contributed by atoms with Crippen molar-refractivity contribution in [3.05, 3.63) is 12.2 Å². The maximum Gasteiger partial charge on any atom is 0.326 e. The minimum absolute atomic E-state index is 0.203. The maximum atomic E-state index is 11.7. The van der Waals surface area contributed by atoms with E-state index in [1.807, 2.05) is 13.2 Å². The van der Waals surface area contributed by atoms with Crippen molar-refractivity contribution >= 4 is 23.8 Å². The van der Waals surface area contributed by atoms with Gasteiger partial charge in [0.1, 0.15) is 12.4 Å². The second kappa shape index (κ2) is 8.41. The topological polar surface area (TPSA) is 109 Å². The van der Waals surface area contributed by atoms with Crippen LogP contribution in [0.3, 0.4) is 0 Å². The number of amides is 2. The number of aromatic nitrogens is 3. The molecule has 8 nitrogen and oxygen atoms in total. The van der Waals surface area contributed by atoms with Gasteiger partial charge in [0.05, 0.1) is 6.54 Å². The Bertz CT molecular complexity index is 451. The molecule has 1 atom stereocenters. The fourth-order valence-corrected chi connectivity index (χ4v) is 2.01. The molecule has 1 unspecified atom stereocenters. The van der Waals surface area contributed by atoms with E-state index < -0.39 is 18.0 Å². The van der Waals surface area contributed by atoms with E-state index in [4.69, 9.17) is 5.11 Å². The van der Waals surface area contributed by atoms with Crippen LogP contribution in [-0.4, -0.2) is 49.9 Å². The second-order valence-electron chi connectivity index (χ2n) is 4.03. The van der Waals surface area contributed by atoms with E-state index in [1.54, 1.807) is 10.9 Å². The van der Waals surface area contributed by atoms with Crippen LogP contribution in [0.15, 0.2) is 6.33 Å². The molecule has 2 amide bonds. The lowest BCUT2D eigenvalue weighted by Gasteiger charge is -2.14. The quantitative estimate of drug-likeness (QED) is 0.637. The second-order valence-corrected chi connectivity index (χ2v) is 5.02. The first-order valence-electron chi connectivity index (χ1n) is 6.21. The zero-order chi connectivity index (χ0) is 15.0. The Balaban J connectivity index is 2.43. The number of nitrogens with zero attached hydrogens (tertiary/aromatic N) is 3. The molecule has 0 bridgehead atoms. The summed E-state index contributed by atoms with van der Waals surface area (Å²) in [5.74, 6) is 0.256. The van der Waals surface area contributed by atoms with Crippen LogP contribution < -0.4 is 10.6 Å². The van der Waals surface area contributed by atoms with Gasteiger partial charge in [0, 0.05) is 6.54 Å². The average molecular weight is 301 g/mol. The minimum Gasteiger partial charge on any atom is -0.480 e. The SMILES string of the molecule is CCn1cnnc1CNC(=O)NC(CCSC)C(=O)O. The molecule has 9 heteroatoms. The molecule has 1 aromatic heterocycles. The lowest BCUT2D eigenvalue weighted by atomic mass is 10.2. The lowest BCUT2D eigenvalue weighted by molar-refractivity contribution is -0.139. The summed E-state index contributed by atoms with van der Waals surface area (Å²) in [6, 6.07) is -1.41. The fourth-order valence-electron chi connectivity index (χ4n) is 1.54. The molecular formula is C11H19N5O3S. The first-order valence-corrected chi connectivity index (χ1v) is 7.60. The minimum atomic E-state index is -1.04. The van der Waals surface area contributed by atoms with Crippen LogP contribution in [0.1, 0.15) is 19.2 Å². The lowest BCUT2D eigenvalue weighted by Crippen LogP contribution is -2.46. The fraction of sp³-hybridized carbons (Fsp3) is 0.636. The molecule has 0 saturated carbocycles. The summed E-state index contributed by atoms with van der Waals surface area (Å²) in [5.41, 5.74) is 0. The number of carbonyl (C=O) groups excluding carboxylic acids is 1. The van der Waals surface area contributed by atoms with Gasteiger partial charge in [-0.1, -0.05) is 0 Å². The zero-order valence-electron chi connectivity index (χ0n) is 11.5. The number of nitrogens with one attached hydrogen (secondary N) is 2. The van der Waals surface area contributed by atoms with Gasteiger partial charge in [0.2, 0.25) is 0 Å². The molecule has 112 valence electrons. The maximum absolute atomic E-state index is 11.7. The van der Waals surface area contributed by atoms with Crippen LogP contribution in [0.5, 0.6) is 0 Å². The van der Waals surface area contributed by atoms with Gasteiger partial charge >= 0.3 is 12.0 Å². The zero-order valence-corrected chi connectivity index (χ0v) is 12.3. The van der Waals surface area contributed by atoms with Gasteiger partial charge < -0.3 is 20.3 Å². The van der Waals surface area contributed by atoms with Gasteiger partial charge in [0.15, 0.2) is 5.82 Å². The smallest absolute Gasteiger partial charge is 0.326 e. The van der Waals surface area contributed by atoms with E-state index in [9.17, 15) is 9.59 Å². The van der Waals surface area contributed by atoms with E-state index in [0.29, 0.717) is 24.5 Å². The highest BCUT2D eigenvalue weighted by Gasteiger charge is 2.19. The van der Waals surface area contributed by atoms with Crippen molar-refractivity contribution in [2.75, 3.05) is 12.0 Å². The number of aliphatic carboxylic acids is 1. The van der Waals surface area contributed by atoms with E-state index in [-0.39, 0.29) is 6.54 Å². The number of aryl methyl sites for hydroxylation is 1. The van der Waals surface area contributed by atoms with Crippen LogP contribution in [-0.2, 0) is 17.9 Å². The molecule has 1 heterocycles. The number of carboxylic acids is 1. The Labute approximate surface area is 121 Å². The van der Waals surface area contributed by atoms with Gasteiger partial charge in [0.25, 0.3) is 0 Å². The van der Waals surface area contributed by atoms with Crippen LogP contribution in [0.25, 0.3) is 0 Å². The van der Waals surface area contributed by atoms with Crippen molar-refractivity contribution in [1.82, 2.24) is 25.4 Å². The number of carbonyl (C=O) groups is 2. The Hall–Kier alpha value is -1.77. The highest BCUT2D eigenvalue weighted by atomic mass is 32.2. The normalized spacial score (nSPS) is 11.9. The summed E-state index contributed by atoms with van der Waals surface area (Å²) < 4.78 is 1.79. The molecule has 0 aromatic carbocycles. The van der Waals surface area contributed by atoms with Crippen LogP contribution in [0, 0.1) is 0 Å². The van der Waals surface area contributed by atoms with Crippen LogP contribution in [0.4, 0.5) is 4.79 Å². The summed E-state index contributed by atoms with van der Waals surface area (Å²) in [6.45, 7) is 2.85. The first kappa shape index (κ1) is 16.3. The predicted molar refractivity (Wildman–Crippen MR) is 75.5 cm³/mol. The van der Waals surface area contributed by atoms with Crippen molar-refractivity contribution in [2.45, 2.75) is 32.5 Å². The molecule has 0 aliphatic rings. The van der Waals surface area contributed by atoms with Crippen molar-refractivity contribution in [3.63, 3.8) is 0 Å². The molecule has 1 aromatic rings. The third kappa shape index (κ3) is 5.08. The predicted octanol–water partition coefficient (Wildman–Crippen LogP) is 0.304. The van der Waals surface area contributed by atoms with Gasteiger partial charge in [-0.25, -0.2) is 9.59 Å². The van der Waals surface area contributed by atoms with E-state index in [0.717, 1.165) is 0 Å². The third-order valence-electron chi connectivity index (χ3n) is 2.66. The number of hydrogen-bond donors (Lipinski definition) is 3. The van der Waals surface area contributed by atoms with Crippen molar-refractivity contribution in [3.8, 4) is 0 Å². The standard InChI is InChI=1S/C11H19N5O3S/c1-3-16-7-13-15-9(16)6-12-11(19)14-8(10(17)18)4-5-20-2/h7-8H,3-6H2,1-2H3,(H,17,18)(H2,12,14,19). The molecule has 20 heavy (non-hydrogen) atoms. The van der Waals surface area contributed by atoms with E-state index >= 15 is 0 Å². The number of carboxylic acid groups (broad SMARTS) is 1. The molecule has 0 aliphatic carbocycles. The van der Waals surface area contributed by atoms with E-state index in [1.165, 1.54) is 11.8 Å². The van der Waals surface area contributed by atoms with Gasteiger partial charge in [-0.05, 0) is 25.4 Å². The van der Waals surface area contributed by atoms with Crippen molar-refractivity contribution in [2.24, 2.45) is 0 Å². The van der Waals surface area contributed by atoms with Crippen molar-refractivity contribution in [1.29, 1.82) is 0 Å². The highest BCUT2D eigenvalue weighted by Crippen LogP contribution is 2.01. The molecule has 1 rings (SSSR count). The average Bonchev–Trinajstić information content (AvgIpc) is 2.88. The Kier molecular flexibility index (Phi) is 6.85. The summed E-state index contributed by atoms with van der Waals surface area (Å²) in [7, 11) is 0. The number of thioether (sulfide) groups is 1. The van der Waals surface area contributed by atoms with Crippen molar-refractivity contribution < 1.29 is 14.7 Å². The number of rotatable bonds is 8. The van der Waals surface area contributed by atoms with Gasteiger partial charge in [-0.3, -0.25) is 0 Å². The van der Waals surface area contributed by atoms with Gasteiger partial charge in [-0.2, -0.15) is 11.8 Å². The molecule has 0 radical (unpaired) electrons. The molecule has 0 saturated heterocycles. The summed E-state index contributed by atoms with van der Waals surface area (Å²) in [6.07, 6.45) is 3.85. The Morgan fingerprint density at radius 3 is 2.90 bits per heavy atom. The number of hydrogen-bond acceptors (Lipinski definition) is 5. The summed E-state index contributed by atoms with van der Waals surface area (Å²) in [5, 5.41) is 21.6. The van der Waals surface area contributed by atoms with Crippen LogP contribution in [0.2, 0.25) is 0 Å². The Morgan fingerprint density at radius 1 is 1.55 bits per heavy atom. The van der Waals surface area contributed by atoms with Crippen LogP contribution >= 0.6 is 11.8 Å². The Morgan fingerprint density at radius 2 is 2.30 bits per heavy atom. The third-order valence-corrected chi connectivity index (χ3v) is 3.30. The molecule has 3 N–H and O–H groups in total. The first-order chi connectivity index (χ1) is 9.58. The molecule has 0 fully saturated rings. The number of urea groups is 1. The molecule has 0 spiro atoms. The highest BCUT2D eigenvalue weighted by molar-refractivity contribution is 7.98. The summed E-state index contributed by atoms with van der Waals surface area (Å²) in [4.78, 5) is 22.7. The van der Waals surface area contributed by atoms with E-state index in [2.05, 4.69) is 20.8 Å². The summed E-state index contributed by atoms with van der Waals surface area (Å²) >= 11 is 1.53. The molecular weight excluding hydrogens is 282 g/mol. The van der Waals surface area contributed by atoms with Gasteiger partial charge in [-0.15, -0.1) is 10.2 Å². The monoisotopic (exact) mass is 301 g/mol. The molecule has 0 aliphatic heterocycles.